The van der Waals surface area contributed by atoms with Crippen molar-refractivity contribution in [3.05, 3.63) is 60.1 Å². The number of hydrogen-bond acceptors (Lipinski definition) is 2. The van der Waals surface area contributed by atoms with Gasteiger partial charge in [-0.2, -0.15) is 0 Å². The largest absolute Gasteiger partial charge is 0.469 e. The molecule has 2 aromatic rings. The Kier molecular flexibility index (Phi) is 4.78. The first-order valence-electron chi connectivity index (χ1n) is 5.92. The molecule has 0 saturated heterocycles. The van der Waals surface area contributed by atoms with Crippen molar-refractivity contribution in [3.63, 3.8) is 0 Å². The van der Waals surface area contributed by atoms with Gasteiger partial charge in [-0.05, 0) is 29.9 Å². The number of hydrogen-bond donors (Lipinski definition) is 2. The van der Waals surface area contributed by atoms with E-state index in [1.165, 1.54) is 5.56 Å². The fraction of sp³-hybridized carbons (Fsp3) is 0.214. The van der Waals surface area contributed by atoms with Crippen molar-refractivity contribution in [2.24, 2.45) is 0 Å². The zero-order chi connectivity index (χ0) is 12.6. The molecule has 0 radical (unpaired) electrons. The van der Waals surface area contributed by atoms with Crippen LogP contribution in [0.3, 0.4) is 0 Å². The SMILES string of the molecule is S=C(NCCc1ccco1)NCc1ccccc1. The Morgan fingerprint density at radius 3 is 2.61 bits per heavy atom. The molecule has 0 atom stereocenters. The molecule has 3 nitrogen and oxygen atoms in total. The van der Waals surface area contributed by atoms with Crippen LogP contribution in [0.25, 0.3) is 0 Å². The fourth-order valence-electron chi connectivity index (χ4n) is 1.59. The number of benzene rings is 1. The van der Waals surface area contributed by atoms with Gasteiger partial charge in [0.15, 0.2) is 5.11 Å². The third kappa shape index (κ3) is 4.22. The minimum atomic E-state index is 0.672. The highest BCUT2D eigenvalue weighted by atomic mass is 32.1. The van der Waals surface area contributed by atoms with Crippen molar-refractivity contribution >= 4 is 17.3 Å². The molecule has 94 valence electrons. The molecule has 0 unspecified atom stereocenters. The van der Waals surface area contributed by atoms with E-state index in [1.54, 1.807) is 6.26 Å². The molecule has 0 aliphatic rings. The van der Waals surface area contributed by atoms with E-state index in [1.807, 2.05) is 30.3 Å². The van der Waals surface area contributed by atoms with Gasteiger partial charge in [-0.1, -0.05) is 30.3 Å². The highest BCUT2D eigenvalue weighted by Gasteiger charge is 1.98. The summed E-state index contributed by atoms with van der Waals surface area (Å²) in [5.41, 5.74) is 1.22. The summed E-state index contributed by atoms with van der Waals surface area (Å²) in [6.07, 6.45) is 2.52. The molecule has 18 heavy (non-hydrogen) atoms. The molecule has 0 amide bonds. The van der Waals surface area contributed by atoms with E-state index in [2.05, 4.69) is 22.8 Å². The van der Waals surface area contributed by atoms with Gasteiger partial charge in [0.25, 0.3) is 0 Å². The molecule has 0 aliphatic heterocycles. The van der Waals surface area contributed by atoms with Crippen molar-refractivity contribution in [1.82, 2.24) is 10.6 Å². The maximum atomic E-state index is 5.24. The van der Waals surface area contributed by atoms with Crippen LogP contribution in [0.5, 0.6) is 0 Å². The van der Waals surface area contributed by atoms with Crippen LogP contribution < -0.4 is 10.6 Å². The van der Waals surface area contributed by atoms with Crippen LogP contribution >= 0.6 is 12.2 Å². The second-order valence-corrected chi connectivity index (χ2v) is 4.33. The Morgan fingerprint density at radius 1 is 1.06 bits per heavy atom. The minimum absolute atomic E-state index is 0.672. The summed E-state index contributed by atoms with van der Waals surface area (Å²) in [5.74, 6) is 0.966. The number of thiocarbonyl (C=S) groups is 1. The molecule has 4 heteroatoms. The summed E-state index contributed by atoms with van der Waals surface area (Å²) in [7, 11) is 0. The Balaban J connectivity index is 1.63. The Morgan fingerprint density at radius 2 is 1.89 bits per heavy atom. The molecule has 0 spiro atoms. The van der Waals surface area contributed by atoms with Crippen LogP contribution in [0.2, 0.25) is 0 Å². The number of rotatable bonds is 5. The van der Waals surface area contributed by atoms with Gasteiger partial charge in [0.05, 0.1) is 6.26 Å². The monoisotopic (exact) mass is 260 g/mol. The summed E-state index contributed by atoms with van der Waals surface area (Å²) in [5, 5.41) is 6.99. The molecule has 1 aromatic carbocycles. The molecule has 1 heterocycles. The van der Waals surface area contributed by atoms with Gasteiger partial charge in [0.1, 0.15) is 5.76 Å². The van der Waals surface area contributed by atoms with Crippen molar-refractivity contribution < 1.29 is 4.42 Å². The van der Waals surface area contributed by atoms with E-state index in [-0.39, 0.29) is 0 Å². The molecule has 1 aromatic heterocycles. The molecule has 2 N–H and O–H groups in total. The van der Waals surface area contributed by atoms with Gasteiger partial charge in [0.2, 0.25) is 0 Å². The van der Waals surface area contributed by atoms with E-state index < -0.39 is 0 Å². The first kappa shape index (κ1) is 12.6. The highest BCUT2D eigenvalue weighted by molar-refractivity contribution is 7.80. The zero-order valence-corrected chi connectivity index (χ0v) is 10.9. The van der Waals surface area contributed by atoms with Crippen LogP contribution in [0.1, 0.15) is 11.3 Å². The average Bonchev–Trinajstić information content (AvgIpc) is 2.91. The van der Waals surface area contributed by atoms with Gasteiger partial charge >= 0.3 is 0 Å². The van der Waals surface area contributed by atoms with Crippen molar-refractivity contribution in [3.8, 4) is 0 Å². The molecule has 2 rings (SSSR count). The van der Waals surface area contributed by atoms with Crippen molar-refractivity contribution in [2.45, 2.75) is 13.0 Å². The van der Waals surface area contributed by atoms with E-state index >= 15 is 0 Å². The Bertz CT molecular complexity index is 468. The lowest BCUT2D eigenvalue weighted by Crippen LogP contribution is -2.35. The van der Waals surface area contributed by atoms with Gasteiger partial charge in [0, 0.05) is 19.5 Å². The lowest BCUT2D eigenvalue weighted by atomic mass is 10.2. The quantitative estimate of drug-likeness (QED) is 0.810. The first-order chi connectivity index (χ1) is 8.84. The average molecular weight is 260 g/mol. The lowest BCUT2D eigenvalue weighted by Gasteiger charge is -2.09. The summed E-state index contributed by atoms with van der Waals surface area (Å²) < 4.78 is 5.24. The van der Waals surface area contributed by atoms with E-state index in [0.717, 1.165) is 25.3 Å². The predicted octanol–water partition coefficient (Wildman–Crippen LogP) is 2.49. The van der Waals surface area contributed by atoms with Crippen LogP contribution in [0, 0.1) is 0 Å². The maximum absolute atomic E-state index is 5.24. The summed E-state index contributed by atoms with van der Waals surface area (Å²) in [6.45, 7) is 1.52. The second-order valence-electron chi connectivity index (χ2n) is 3.92. The van der Waals surface area contributed by atoms with Crippen molar-refractivity contribution in [1.29, 1.82) is 0 Å². The zero-order valence-electron chi connectivity index (χ0n) is 10.1. The lowest BCUT2D eigenvalue weighted by molar-refractivity contribution is 0.507. The van der Waals surface area contributed by atoms with Gasteiger partial charge in [-0.3, -0.25) is 0 Å². The topological polar surface area (TPSA) is 37.2 Å². The normalized spacial score (nSPS) is 10.0. The molecular formula is C14H16N2OS. The van der Waals surface area contributed by atoms with Crippen LogP contribution in [0.4, 0.5) is 0 Å². The van der Waals surface area contributed by atoms with Crippen molar-refractivity contribution in [2.75, 3.05) is 6.54 Å². The van der Waals surface area contributed by atoms with E-state index in [4.69, 9.17) is 16.6 Å². The van der Waals surface area contributed by atoms with Crippen LogP contribution in [-0.4, -0.2) is 11.7 Å². The Hall–Kier alpha value is -1.81. The summed E-state index contributed by atoms with van der Waals surface area (Å²) in [6, 6.07) is 14.0. The first-order valence-corrected chi connectivity index (χ1v) is 6.33. The minimum Gasteiger partial charge on any atom is -0.469 e. The number of furan rings is 1. The number of nitrogens with one attached hydrogen (secondary N) is 2. The van der Waals surface area contributed by atoms with Crippen LogP contribution in [0.15, 0.2) is 53.1 Å². The highest BCUT2D eigenvalue weighted by Crippen LogP contribution is 1.99. The van der Waals surface area contributed by atoms with Gasteiger partial charge in [-0.15, -0.1) is 0 Å². The standard InChI is InChI=1S/C14H16N2OS/c18-14(15-9-8-13-7-4-10-17-13)16-11-12-5-2-1-3-6-12/h1-7,10H,8-9,11H2,(H2,15,16,18). The third-order valence-corrected chi connectivity index (χ3v) is 2.82. The predicted molar refractivity (Wildman–Crippen MR) is 76.3 cm³/mol. The second kappa shape index (κ2) is 6.81. The van der Waals surface area contributed by atoms with Crippen LogP contribution in [-0.2, 0) is 13.0 Å². The fourth-order valence-corrected chi connectivity index (χ4v) is 1.77. The summed E-state index contributed by atoms with van der Waals surface area (Å²) >= 11 is 5.20. The van der Waals surface area contributed by atoms with Gasteiger partial charge < -0.3 is 15.1 Å². The maximum Gasteiger partial charge on any atom is 0.166 e. The third-order valence-electron chi connectivity index (χ3n) is 2.53. The Labute approximate surface area is 112 Å². The smallest absolute Gasteiger partial charge is 0.166 e. The molecular weight excluding hydrogens is 244 g/mol. The molecule has 0 saturated carbocycles. The van der Waals surface area contributed by atoms with E-state index in [0.29, 0.717) is 5.11 Å². The molecule has 0 bridgehead atoms. The van der Waals surface area contributed by atoms with E-state index in [9.17, 15) is 0 Å². The molecule has 0 aliphatic carbocycles. The summed E-state index contributed by atoms with van der Waals surface area (Å²) in [4.78, 5) is 0. The molecule has 0 fully saturated rings. The van der Waals surface area contributed by atoms with Gasteiger partial charge in [-0.25, -0.2) is 0 Å².